The SMILES string of the molecule is c1ccc(-c2nc(-c3cccc4oc5c(-c6cccc7c6sc6ccccc67)cccc5c34)nc(-n3c4ccccc4c4ccccc43)n2)cc1. The standard InChI is InChI=1S/C45H26N4OS/c1-2-13-27(14-3-1)43-46-44(48-45(47-43)49-36-23-7-4-15-28(36)29-16-5-8-24-37(29)49)35-22-12-25-38-40(35)34-21-10-18-31(41(34)50-38)33-20-11-19-32-30-17-6-9-26-39(30)51-42(32)33/h1-26H. The van der Waals surface area contributed by atoms with Gasteiger partial charge in [-0.15, -0.1) is 11.3 Å². The number of hydrogen-bond donors (Lipinski definition) is 0. The summed E-state index contributed by atoms with van der Waals surface area (Å²) < 4.78 is 11.5. The molecule has 0 amide bonds. The quantitative estimate of drug-likeness (QED) is 0.187. The van der Waals surface area contributed by atoms with Crippen LogP contribution in [-0.2, 0) is 0 Å². The van der Waals surface area contributed by atoms with Crippen LogP contribution < -0.4 is 0 Å². The van der Waals surface area contributed by atoms with Crippen molar-refractivity contribution in [3.05, 3.63) is 158 Å². The van der Waals surface area contributed by atoms with Gasteiger partial charge in [-0.3, -0.25) is 4.57 Å². The molecule has 0 unspecified atom stereocenters. The van der Waals surface area contributed by atoms with Gasteiger partial charge in [0.1, 0.15) is 11.2 Å². The number of rotatable bonds is 4. The average Bonchev–Trinajstić information content (AvgIpc) is 3.88. The van der Waals surface area contributed by atoms with E-state index in [1.165, 1.54) is 25.7 Å². The summed E-state index contributed by atoms with van der Waals surface area (Å²) in [6.07, 6.45) is 0. The molecule has 0 aliphatic carbocycles. The zero-order valence-electron chi connectivity index (χ0n) is 27.1. The van der Waals surface area contributed by atoms with E-state index in [4.69, 9.17) is 19.4 Å². The third-order valence-electron chi connectivity index (χ3n) is 9.89. The van der Waals surface area contributed by atoms with Crippen LogP contribution in [0.5, 0.6) is 0 Å². The van der Waals surface area contributed by atoms with Crippen molar-refractivity contribution >= 4 is 75.3 Å². The van der Waals surface area contributed by atoms with E-state index in [2.05, 4.69) is 120 Å². The Kier molecular flexibility index (Phi) is 6.05. The van der Waals surface area contributed by atoms with Crippen LogP contribution >= 0.6 is 11.3 Å². The zero-order chi connectivity index (χ0) is 33.5. The Hall–Kier alpha value is -6.63. The van der Waals surface area contributed by atoms with Gasteiger partial charge in [0.25, 0.3) is 0 Å². The van der Waals surface area contributed by atoms with Crippen molar-refractivity contribution in [3.63, 3.8) is 0 Å². The minimum atomic E-state index is 0.568. The molecule has 0 fully saturated rings. The first kappa shape index (κ1) is 28.2. The molecule has 11 rings (SSSR count). The number of thiophene rings is 1. The summed E-state index contributed by atoms with van der Waals surface area (Å²) in [5.41, 5.74) is 7.78. The predicted octanol–water partition coefficient (Wildman–Crippen LogP) is 12.2. The summed E-state index contributed by atoms with van der Waals surface area (Å²) in [7, 11) is 0. The van der Waals surface area contributed by atoms with Gasteiger partial charge in [-0.1, -0.05) is 133 Å². The van der Waals surface area contributed by atoms with E-state index >= 15 is 0 Å². The molecule has 7 aromatic carbocycles. The number of fused-ring (bicyclic) bond motifs is 9. The molecule has 4 heterocycles. The molecule has 0 bridgehead atoms. The van der Waals surface area contributed by atoms with E-state index in [1.807, 2.05) is 53.8 Å². The van der Waals surface area contributed by atoms with E-state index < -0.39 is 0 Å². The third-order valence-corrected chi connectivity index (χ3v) is 11.1. The maximum absolute atomic E-state index is 6.78. The lowest BCUT2D eigenvalue weighted by Gasteiger charge is -2.11. The molecule has 4 aromatic heterocycles. The molecule has 0 saturated carbocycles. The number of benzene rings is 7. The molecule has 51 heavy (non-hydrogen) atoms. The van der Waals surface area contributed by atoms with Gasteiger partial charge in [0.15, 0.2) is 11.6 Å². The smallest absolute Gasteiger partial charge is 0.238 e. The molecule has 0 aliphatic rings. The highest BCUT2D eigenvalue weighted by atomic mass is 32.1. The maximum Gasteiger partial charge on any atom is 0.238 e. The van der Waals surface area contributed by atoms with Crippen molar-refractivity contribution < 1.29 is 4.42 Å². The Morgan fingerprint density at radius 3 is 1.86 bits per heavy atom. The first-order valence-electron chi connectivity index (χ1n) is 17.0. The van der Waals surface area contributed by atoms with Gasteiger partial charge in [-0.05, 0) is 24.3 Å². The summed E-state index contributed by atoms with van der Waals surface area (Å²) in [5, 5.41) is 6.85. The topological polar surface area (TPSA) is 56.7 Å². The molecule has 0 atom stereocenters. The van der Waals surface area contributed by atoms with Crippen LogP contribution in [0.4, 0.5) is 0 Å². The molecule has 0 aliphatic heterocycles. The molecule has 0 N–H and O–H groups in total. The minimum absolute atomic E-state index is 0.568. The molecule has 0 spiro atoms. The Morgan fingerprint density at radius 1 is 0.451 bits per heavy atom. The van der Waals surface area contributed by atoms with Gasteiger partial charge in [-0.25, -0.2) is 4.98 Å². The lowest BCUT2D eigenvalue weighted by Crippen LogP contribution is -2.06. The van der Waals surface area contributed by atoms with Crippen LogP contribution in [0, 0.1) is 0 Å². The van der Waals surface area contributed by atoms with Gasteiger partial charge in [0, 0.05) is 64.0 Å². The summed E-state index contributed by atoms with van der Waals surface area (Å²) in [6.45, 7) is 0. The van der Waals surface area contributed by atoms with Crippen LogP contribution in [0.1, 0.15) is 0 Å². The fourth-order valence-electron chi connectivity index (χ4n) is 7.65. The first-order valence-corrected chi connectivity index (χ1v) is 17.8. The van der Waals surface area contributed by atoms with Gasteiger partial charge < -0.3 is 4.42 Å². The Labute approximate surface area is 295 Å². The van der Waals surface area contributed by atoms with Crippen molar-refractivity contribution in [1.29, 1.82) is 0 Å². The number of aromatic nitrogens is 4. The highest BCUT2D eigenvalue weighted by molar-refractivity contribution is 7.26. The second-order valence-electron chi connectivity index (χ2n) is 12.8. The number of hydrogen-bond acceptors (Lipinski definition) is 5. The second kappa shape index (κ2) is 10.9. The van der Waals surface area contributed by atoms with E-state index in [0.29, 0.717) is 17.6 Å². The lowest BCUT2D eigenvalue weighted by molar-refractivity contribution is 0.670. The highest BCUT2D eigenvalue weighted by Gasteiger charge is 2.22. The van der Waals surface area contributed by atoms with Gasteiger partial charge in [-0.2, -0.15) is 9.97 Å². The fraction of sp³-hybridized carbons (Fsp3) is 0. The molecule has 11 aromatic rings. The monoisotopic (exact) mass is 670 g/mol. The third kappa shape index (κ3) is 4.24. The number of nitrogens with zero attached hydrogens (tertiary/aromatic N) is 4. The van der Waals surface area contributed by atoms with Crippen LogP contribution in [0.2, 0.25) is 0 Å². The number of furan rings is 1. The van der Waals surface area contributed by atoms with Crippen molar-refractivity contribution in [1.82, 2.24) is 19.5 Å². The molecule has 5 nitrogen and oxygen atoms in total. The molecular formula is C45H26N4OS. The van der Waals surface area contributed by atoms with E-state index in [9.17, 15) is 0 Å². The van der Waals surface area contributed by atoms with Crippen LogP contribution in [-0.4, -0.2) is 19.5 Å². The van der Waals surface area contributed by atoms with Crippen molar-refractivity contribution in [3.8, 4) is 39.9 Å². The van der Waals surface area contributed by atoms with Crippen molar-refractivity contribution in [2.45, 2.75) is 0 Å². The van der Waals surface area contributed by atoms with E-state index in [-0.39, 0.29) is 0 Å². The Balaban J connectivity index is 1.18. The minimum Gasteiger partial charge on any atom is -0.455 e. The normalized spacial score (nSPS) is 11.9. The van der Waals surface area contributed by atoms with Crippen molar-refractivity contribution in [2.24, 2.45) is 0 Å². The fourth-order valence-corrected chi connectivity index (χ4v) is 8.88. The molecule has 238 valence electrons. The Bertz CT molecular complexity index is 3100. The van der Waals surface area contributed by atoms with E-state index in [1.54, 1.807) is 0 Å². The van der Waals surface area contributed by atoms with Gasteiger partial charge in [0.2, 0.25) is 5.95 Å². The lowest BCUT2D eigenvalue weighted by atomic mass is 9.99. The zero-order valence-corrected chi connectivity index (χ0v) is 27.9. The maximum atomic E-state index is 6.78. The summed E-state index contributed by atoms with van der Waals surface area (Å²) in [4.78, 5) is 15.5. The summed E-state index contributed by atoms with van der Waals surface area (Å²) in [5.74, 6) is 1.77. The Morgan fingerprint density at radius 2 is 1.06 bits per heavy atom. The second-order valence-corrected chi connectivity index (χ2v) is 13.8. The van der Waals surface area contributed by atoms with Crippen LogP contribution in [0.25, 0.3) is 104 Å². The van der Waals surface area contributed by atoms with Gasteiger partial charge in [0.05, 0.1) is 11.0 Å². The summed E-state index contributed by atoms with van der Waals surface area (Å²) in [6, 6.07) is 54.8. The van der Waals surface area contributed by atoms with Crippen molar-refractivity contribution in [2.75, 3.05) is 0 Å². The molecule has 6 heteroatoms. The van der Waals surface area contributed by atoms with Crippen LogP contribution in [0.3, 0.4) is 0 Å². The van der Waals surface area contributed by atoms with Crippen LogP contribution in [0.15, 0.2) is 162 Å². The number of para-hydroxylation sites is 3. The van der Waals surface area contributed by atoms with E-state index in [0.717, 1.165) is 60.4 Å². The predicted molar refractivity (Wildman–Crippen MR) is 211 cm³/mol. The molecular weight excluding hydrogens is 645 g/mol. The molecule has 0 saturated heterocycles. The first-order chi connectivity index (χ1) is 25.3. The van der Waals surface area contributed by atoms with Gasteiger partial charge >= 0.3 is 0 Å². The summed E-state index contributed by atoms with van der Waals surface area (Å²) >= 11 is 1.83. The highest BCUT2D eigenvalue weighted by Crippen LogP contribution is 2.45. The average molecular weight is 671 g/mol. The molecule has 0 radical (unpaired) electrons. The largest absolute Gasteiger partial charge is 0.455 e.